The zero-order chi connectivity index (χ0) is 12.2. The zero-order valence-electron chi connectivity index (χ0n) is 10.2. The molecule has 0 saturated carbocycles. The number of nitrogens with one attached hydrogen (secondary N) is 1. The molecule has 0 spiro atoms. The Kier molecular flexibility index (Phi) is 3.19. The van der Waals surface area contributed by atoms with Crippen molar-refractivity contribution in [2.75, 3.05) is 31.1 Å². The fourth-order valence-corrected chi connectivity index (χ4v) is 2.18. The lowest BCUT2D eigenvalue weighted by Crippen LogP contribution is -2.43. The molecule has 0 amide bonds. The van der Waals surface area contributed by atoms with E-state index in [1.54, 1.807) is 6.33 Å². The molecule has 92 valence electrons. The summed E-state index contributed by atoms with van der Waals surface area (Å²) in [4.78, 5) is 11.0. The van der Waals surface area contributed by atoms with Crippen molar-refractivity contribution in [3.63, 3.8) is 0 Å². The van der Waals surface area contributed by atoms with Gasteiger partial charge in [0.1, 0.15) is 12.1 Å². The van der Waals surface area contributed by atoms with Crippen LogP contribution in [0.5, 0.6) is 0 Å². The topological polar surface area (TPSA) is 41.0 Å². The monoisotopic (exact) mass is 240 g/mol. The Morgan fingerprint density at radius 2 is 1.78 bits per heavy atom. The first kappa shape index (κ1) is 11.2. The van der Waals surface area contributed by atoms with Gasteiger partial charge >= 0.3 is 0 Å². The van der Waals surface area contributed by atoms with E-state index in [1.807, 2.05) is 18.2 Å². The molecule has 0 atom stereocenters. The van der Waals surface area contributed by atoms with Crippen molar-refractivity contribution >= 4 is 5.82 Å². The van der Waals surface area contributed by atoms with Crippen molar-refractivity contribution in [2.45, 2.75) is 0 Å². The third-order valence-corrected chi connectivity index (χ3v) is 3.16. The highest BCUT2D eigenvalue weighted by Gasteiger charge is 2.12. The number of rotatable bonds is 2. The van der Waals surface area contributed by atoms with Crippen LogP contribution in [0.4, 0.5) is 5.82 Å². The van der Waals surface area contributed by atoms with Gasteiger partial charge in [-0.15, -0.1) is 0 Å². The summed E-state index contributed by atoms with van der Waals surface area (Å²) in [5.41, 5.74) is 2.12. The van der Waals surface area contributed by atoms with Crippen molar-refractivity contribution in [1.29, 1.82) is 0 Å². The summed E-state index contributed by atoms with van der Waals surface area (Å²) in [6.07, 6.45) is 1.65. The lowest BCUT2D eigenvalue weighted by Gasteiger charge is -2.28. The molecular weight excluding hydrogens is 224 g/mol. The van der Waals surface area contributed by atoms with E-state index >= 15 is 0 Å². The van der Waals surface area contributed by atoms with Gasteiger partial charge in [-0.1, -0.05) is 30.3 Å². The van der Waals surface area contributed by atoms with Crippen LogP contribution in [0, 0.1) is 0 Å². The molecule has 0 unspecified atom stereocenters. The van der Waals surface area contributed by atoms with Gasteiger partial charge in [-0.3, -0.25) is 0 Å². The quantitative estimate of drug-likeness (QED) is 0.864. The maximum absolute atomic E-state index is 4.38. The minimum atomic E-state index is 0.985. The second-order valence-electron chi connectivity index (χ2n) is 4.36. The highest BCUT2D eigenvalue weighted by Crippen LogP contribution is 2.20. The summed E-state index contributed by atoms with van der Waals surface area (Å²) in [5, 5.41) is 3.35. The van der Waals surface area contributed by atoms with Gasteiger partial charge in [-0.25, -0.2) is 9.97 Å². The highest BCUT2D eigenvalue weighted by atomic mass is 15.2. The molecule has 0 bridgehead atoms. The lowest BCUT2D eigenvalue weighted by atomic mass is 10.1. The molecule has 1 aromatic heterocycles. The molecule has 3 rings (SSSR count). The van der Waals surface area contributed by atoms with E-state index in [1.165, 1.54) is 0 Å². The molecule has 0 aliphatic carbocycles. The molecule has 1 N–H and O–H groups in total. The predicted octanol–water partition coefficient (Wildman–Crippen LogP) is 1.55. The SMILES string of the molecule is c1ccc(-c2cc(N3CCNCC3)ncn2)cc1. The second-order valence-corrected chi connectivity index (χ2v) is 4.36. The van der Waals surface area contributed by atoms with Crippen LogP contribution in [0.25, 0.3) is 11.3 Å². The van der Waals surface area contributed by atoms with Gasteiger partial charge in [-0.2, -0.15) is 0 Å². The summed E-state index contributed by atoms with van der Waals surface area (Å²) < 4.78 is 0. The van der Waals surface area contributed by atoms with Gasteiger partial charge in [0.05, 0.1) is 5.69 Å². The molecule has 18 heavy (non-hydrogen) atoms. The van der Waals surface area contributed by atoms with E-state index in [0.29, 0.717) is 0 Å². The first-order chi connectivity index (χ1) is 8.93. The first-order valence-corrected chi connectivity index (χ1v) is 6.26. The third-order valence-electron chi connectivity index (χ3n) is 3.16. The maximum atomic E-state index is 4.38. The van der Waals surface area contributed by atoms with Crippen LogP contribution < -0.4 is 10.2 Å². The van der Waals surface area contributed by atoms with Gasteiger partial charge in [0, 0.05) is 37.8 Å². The maximum Gasteiger partial charge on any atom is 0.132 e. The van der Waals surface area contributed by atoms with Crippen LogP contribution >= 0.6 is 0 Å². The summed E-state index contributed by atoms with van der Waals surface area (Å²) in [6.45, 7) is 4.05. The van der Waals surface area contributed by atoms with Gasteiger partial charge in [0.2, 0.25) is 0 Å². The molecule has 1 aromatic carbocycles. The van der Waals surface area contributed by atoms with Crippen molar-refractivity contribution in [2.24, 2.45) is 0 Å². The number of nitrogens with zero attached hydrogens (tertiary/aromatic N) is 3. The smallest absolute Gasteiger partial charge is 0.132 e. The number of anilines is 1. The number of benzene rings is 1. The van der Waals surface area contributed by atoms with Crippen LogP contribution in [-0.2, 0) is 0 Å². The average Bonchev–Trinajstić information content (AvgIpc) is 2.49. The number of hydrogen-bond acceptors (Lipinski definition) is 4. The van der Waals surface area contributed by atoms with E-state index in [2.05, 4.69) is 38.4 Å². The zero-order valence-corrected chi connectivity index (χ0v) is 10.2. The predicted molar refractivity (Wildman–Crippen MR) is 72.6 cm³/mol. The van der Waals surface area contributed by atoms with Crippen LogP contribution in [0.15, 0.2) is 42.7 Å². The van der Waals surface area contributed by atoms with Crippen molar-refractivity contribution in [3.05, 3.63) is 42.7 Å². The number of piperazine rings is 1. The molecular formula is C14H16N4. The van der Waals surface area contributed by atoms with Crippen LogP contribution in [-0.4, -0.2) is 36.1 Å². The Morgan fingerprint density at radius 3 is 2.56 bits per heavy atom. The molecule has 1 aliphatic heterocycles. The molecule has 2 aromatic rings. The summed E-state index contributed by atoms with van der Waals surface area (Å²) in [7, 11) is 0. The van der Waals surface area contributed by atoms with Gasteiger partial charge in [-0.05, 0) is 0 Å². The van der Waals surface area contributed by atoms with Gasteiger partial charge in [0.15, 0.2) is 0 Å². The van der Waals surface area contributed by atoms with E-state index in [0.717, 1.165) is 43.3 Å². The van der Waals surface area contributed by atoms with Crippen molar-refractivity contribution in [3.8, 4) is 11.3 Å². The summed E-state index contributed by atoms with van der Waals surface area (Å²) >= 11 is 0. The van der Waals surface area contributed by atoms with E-state index < -0.39 is 0 Å². The molecule has 0 radical (unpaired) electrons. The highest BCUT2D eigenvalue weighted by molar-refractivity contribution is 5.62. The molecule has 1 fully saturated rings. The van der Waals surface area contributed by atoms with Gasteiger partial charge in [0.25, 0.3) is 0 Å². The number of aromatic nitrogens is 2. The van der Waals surface area contributed by atoms with E-state index in [-0.39, 0.29) is 0 Å². The Hall–Kier alpha value is -1.94. The van der Waals surface area contributed by atoms with Crippen LogP contribution in [0.2, 0.25) is 0 Å². The molecule has 4 nitrogen and oxygen atoms in total. The summed E-state index contributed by atoms with van der Waals surface area (Å²) in [6, 6.07) is 12.3. The fraction of sp³-hybridized carbons (Fsp3) is 0.286. The van der Waals surface area contributed by atoms with Crippen molar-refractivity contribution in [1.82, 2.24) is 15.3 Å². The van der Waals surface area contributed by atoms with Crippen LogP contribution in [0.3, 0.4) is 0 Å². The average molecular weight is 240 g/mol. The van der Waals surface area contributed by atoms with E-state index in [4.69, 9.17) is 0 Å². The standard InChI is InChI=1S/C14H16N4/c1-2-4-12(5-3-1)13-10-14(17-11-16-13)18-8-6-15-7-9-18/h1-5,10-11,15H,6-9H2. The Bertz CT molecular complexity index is 506. The normalized spacial score (nSPS) is 15.7. The largest absolute Gasteiger partial charge is 0.354 e. The minimum absolute atomic E-state index is 0.985. The molecule has 1 aliphatic rings. The molecule has 4 heteroatoms. The molecule has 1 saturated heterocycles. The second kappa shape index (κ2) is 5.14. The van der Waals surface area contributed by atoms with Gasteiger partial charge < -0.3 is 10.2 Å². The Morgan fingerprint density at radius 1 is 1.00 bits per heavy atom. The Balaban J connectivity index is 1.89. The Labute approximate surface area is 107 Å². The fourth-order valence-electron chi connectivity index (χ4n) is 2.18. The van der Waals surface area contributed by atoms with E-state index in [9.17, 15) is 0 Å². The summed E-state index contributed by atoms with van der Waals surface area (Å²) in [5.74, 6) is 1.02. The minimum Gasteiger partial charge on any atom is -0.354 e. The number of hydrogen-bond donors (Lipinski definition) is 1. The van der Waals surface area contributed by atoms with Crippen LogP contribution in [0.1, 0.15) is 0 Å². The van der Waals surface area contributed by atoms with Crippen molar-refractivity contribution < 1.29 is 0 Å². The lowest BCUT2D eigenvalue weighted by molar-refractivity contribution is 0.584. The third kappa shape index (κ3) is 2.33. The molecule has 2 heterocycles. The first-order valence-electron chi connectivity index (χ1n) is 6.26.